The quantitative estimate of drug-likeness (QED) is 0.680. The number of para-hydroxylation sites is 1. The van der Waals surface area contributed by atoms with Gasteiger partial charge < -0.3 is 19.6 Å². The molecule has 0 spiro atoms. The lowest BCUT2D eigenvalue weighted by molar-refractivity contribution is 0.312. The Balaban J connectivity index is 1.26. The van der Waals surface area contributed by atoms with Crippen LogP contribution in [-0.2, 0) is 0 Å². The molecule has 0 saturated carbocycles. The Morgan fingerprint density at radius 2 is 1.24 bits per heavy atom. The second-order valence-electron chi connectivity index (χ2n) is 7.86. The number of pyridine rings is 1. The molecule has 2 aliphatic heterocycles. The molecule has 3 aromatic rings. The lowest BCUT2D eigenvalue weighted by Crippen LogP contribution is -2.47. The van der Waals surface area contributed by atoms with Gasteiger partial charge >= 0.3 is 0 Å². The first-order valence-electron chi connectivity index (χ1n) is 10.4. The van der Waals surface area contributed by atoms with E-state index in [4.69, 9.17) is 4.98 Å². The molecule has 4 heterocycles. The second-order valence-corrected chi connectivity index (χ2v) is 7.86. The van der Waals surface area contributed by atoms with Gasteiger partial charge in [0.1, 0.15) is 23.8 Å². The molecule has 0 bridgehead atoms. The number of anilines is 3. The summed E-state index contributed by atoms with van der Waals surface area (Å²) in [6.45, 7) is 7.97. The van der Waals surface area contributed by atoms with E-state index in [1.165, 1.54) is 5.39 Å². The normalized spacial score (nSPS) is 18.4. The Kier molecular flexibility index (Phi) is 4.89. The lowest BCUT2D eigenvalue weighted by atomic mass is 10.2. The molecular weight excluding hydrogens is 362 g/mol. The molecule has 5 rings (SSSR count). The summed E-state index contributed by atoms with van der Waals surface area (Å²) < 4.78 is 0. The molecule has 29 heavy (non-hydrogen) atoms. The molecule has 0 radical (unpaired) electrons. The van der Waals surface area contributed by atoms with E-state index in [1.807, 2.05) is 6.07 Å². The topological polar surface area (TPSA) is 51.6 Å². The fourth-order valence-corrected chi connectivity index (χ4v) is 4.11. The maximum absolute atomic E-state index is 4.85. The van der Waals surface area contributed by atoms with Crippen molar-refractivity contribution >= 4 is 28.4 Å². The van der Waals surface area contributed by atoms with Crippen molar-refractivity contribution in [2.45, 2.75) is 0 Å². The van der Waals surface area contributed by atoms with Gasteiger partial charge in [0.05, 0.1) is 5.52 Å². The van der Waals surface area contributed by atoms with E-state index < -0.39 is 0 Å². The Morgan fingerprint density at radius 1 is 0.655 bits per heavy atom. The summed E-state index contributed by atoms with van der Waals surface area (Å²) in [6, 6.07) is 14.7. The minimum absolute atomic E-state index is 0.938. The van der Waals surface area contributed by atoms with Crippen LogP contribution in [0.1, 0.15) is 0 Å². The van der Waals surface area contributed by atoms with E-state index in [-0.39, 0.29) is 0 Å². The van der Waals surface area contributed by atoms with Crippen molar-refractivity contribution in [3.63, 3.8) is 0 Å². The maximum atomic E-state index is 4.85. The van der Waals surface area contributed by atoms with Crippen LogP contribution in [0.4, 0.5) is 17.5 Å². The van der Waals surface area contributed by atoms with Crippen molar-refractivity contribution in [2.75, 3.05) is 74.1 Å². The molecule has 150 valence electrons. The summed E-state index contributed by atoms with van der Waals surface area (Å²) in [7, 11) is 2.17. The number of benzene rings is 1. The third-order valence-electron chi connectivity index (χ3n) is 5.98. The van der Waals surface area contributed by atoms with Gasteiger partial charge in [-0.25, -0.2) is 15.0 Å². The van der Waals surface area contributed by atoms with Crippen molar-refractivity contribution < 1.29 is 0 Å². The number of piperazine rings is 2. The van der Waals surface area contributed by atoms with Crippen molar-refractivity contribution in [3.05, 3.63) is 48.8 Å². The first kappa shape index (κ1) is 18.1. The van der Waals surface area contributed by atoms with E-state index >= 15 is 0 Å². The van der Waals surface area contributed by atoms with Crippen LogP contribution in [0.15, 0.2) is 48.8 Å². The van der Waals surface area contributed by atoms with Gasteiger partial charge in [-0.2, -0.15) is 0 Å². The summed E-state index contributed by atoms with van der Waals surface area (Å²) in [5.41, 5.74) is 1.06. The van der Waals surface area contributed by atoms with Crippen LogP contribution in [-0.4, -0.2) is 79.3 Å². The fourth-order valence-electron chi connectivity index (χ4n) is 4.11. The van der Waals surface area contributed by atoms with E-state index in [1.54, 1.807) is 6.33 Å². The molecule has 0 unspecified atom stereocenters. The largest absolute Gasteiger partial charge is 0.354 e. The maximum Gasteiger partial charge on any atom is 0.134 e. The van der Waals surface area contributed by atoms with Gasteiger partial charge in [-0.3, -0.25) is 0 Å². The molecule has 7 nitrogen and oxygen atoms in total. The number of fused-ring (bicyclic) bond motifs is 1. The van der Waals surface area contributed by atoms with Crippen LogP contribution in [0.3, 0.4) is 0 Å². The SMILES string of the molecule is CN1CCN(c2cc(N3CCN(c4ccc5ccccc5n4)CC3)ncn2)CC1. The predicted octanol–water partition coefficient (Wildman–Crippen LogP) is 2.10. The van der Waals surface area contributed by atoms with Gasteiger partial charge in [-0.05, 0) is 25.2 Å². The van der Waals surface area contributed by atoms with Gasteiger partial charge in [-0.15, -0.1) is 0 Å². The van der Waals surface area contributed by atoms with E-state index in [0.717, 1.165) is 75.3 Å². The van der Waals surface area contributed by atoms with Crippen LogP contribution in [0.5, 0.6) is 0 Å². The summed E-state index contributed by atoms with van der Waals surface area (Å²) in [5.74, 6) is 3.13. The summed E-state index contributed by atoms with van der Waals surface area (Å²) in [4.78, 5) is 23.4. The van der Waals surface area contributed by atoms with Crippen molar-refractivity contribution in [1.82, 2.24) is 19.9 Å². The molecular formula is C22H27N7. The molecule has 1 aromatic carbocycles. The van der Waals surface area contributed by atoms with Gasteiger partial charge in [0, 0.05) is 63.8 Å². The minimum Gasteiger partial charge on any atom is -0.354 e. The average Bonchev–Trinajstić information content (AvgIpc) is 2.79. The van der Waals surface area contributed by atoms with Gasteiger partial charge in [0.2, 0.25) is 0 Å². The van der Waals surface area contributed by atoms with E-state index in [9.17, 15) is 0 Å². The third kappa shape index (κ3) is 3.82. The molecule has 0 amide bonds. The first-order chi connectivity index (χ1) is 14.3. The number of hydrogen-bond acceptors (Lipinski definition) is 7. The molecule has 2 fully saturated rings. The van der Waals surface area contributed by atoms with Crippen LogP contribution in [0.25, 0.3) is 10.9 Å². The highest BCUT2D eigenvalue weighted by Crippen LogP contribution is 2.23. The summed E-state index contributed by atoms with van der Waals surface area (Å²) >= 11 is 0. The predicted molar refractivity (Wildman–Crippen MR) is 118 cm³/mol. The fraction of sp³-hybridized carbons (Fsp3) is 0.409. The van der Waals surface area contributed by atoms with Crippen LogP contribution in [0.2, 0.25) is 0 Å². The first-order valence-corrected chi connectivity index (χ1v) is 10.4. The van der Waals surface area contributed by atoms with Gasteiger partial charge in [0.15, 0.2) is 0 Å². The minimum atomic E-state index is 0.938. The van der Waals surface area contributed by atoms with Crippen molar-refractivity contribution in [3.8, 4) is 0 Å². The molecule has 0 aliphatic carbocycles. The highest BCUT2D eigenvalue weighted by molar-refractivity contribution is 5.80. The zero-order chi connectivity index (χ0) is 19.6. The highest BCUT2D eigenvalue weighted by atomic mass is 15.3. The number of nitrogens with zero attached hydrogens (tertiary/aromatic N) is 7. The molecule has 2 saturated heterocycles. The summed E-state index contributed by atoms with van der Waals surface area (Å²) in [6.07, 6.45) is 1.71. The van der Waals surface area contributed by atoms with Crippen molar-refractivity contribution in [2.24, 2.45) is 0 Å². The standard InChI is InChI=1S/C22H27N7/c1-26-8-10-28(11-9-26)21-16-22(24-17-23-21)29-14-12-27(13-15-29)20-7-6-18-4-2-3-5-19(18)25-20/h2-7,16-17H,8-15H2,1H3. The smallest absolute Gasteiger partial charge is 0.134 e. The Bertz CT molecular complexity index is 976. The number of hydrogen-bond donors (Lipinski definition) is 0. The Hall–Kier alpha value is -2.93. The average molecular weight is 390 g/mol. The van der Waals surface area contributed by atoms with Crippen LogP contribution in [0, 0.1) is 0 Å². The molecule has 2 aromatic heterocycles. The Morgan fingerprint density at radius 3 is 1.93 bits per heavy atom. The van der Waals surface area contributed by atoms with Crippen LogP contribution >= 0.6 is 0 Å². The van der Waals surface area contributed by atoms with Gasteiger partial charge in [-0.1, -0.05) is 18.2 Å². The Labute approximate surface area is 171 Å². The summed E-state index contributed by atoms with van der Waals surface area (Å²) in [5, 5.41) is 1.19. The zero-order valence-corrected chi connectivity index (χ0v) is 16.9. The van der Waals surface area contributed by atoms with E-state index in [0.29, 0.717) is 0 Å². The van der Waals surface area contributed by atoms with Crippen LogP contribution < -0.4 is 14.7 Å². The second kappa shape index (κ2) is 7.83. The third-order valence-corrected chi connectivity index (χ3v) is 5.98. The molecule has 0 N–H and O–H groups in total. The number of likely N-dealkylation sites (N-methyl/N-ethyl adjacent to an activating group) is 1. The highest BCUT2D eigenvalue weighted by Gasteiger charge is 2.21. The number of aromatic nitrogens is 3. The van der Waals surface area contributed by atoms with Gasteiger partial charge in [0.25, 0.3) is 0 Å². The number of rotatable bonds is 3. The van der Waals surface area contributed by atoms with E-state index in [2.05, 4.69) is 73.0 Å². The molecule has 2 aliphatic rings. The monoisotopic (exact) mass is 389 g/mol. The zero-order valence-electron chi connectivity index (χ0n) is 16.9. The molecule has 7 heteroatoms. The molecule has 0 atom stereocenters. The van der Waals surface area contributed by atoms with Crippen molar-refractivity contribution in [1.29, 1.82) is 0 Å². The lowest BCUT2D eigenvalue weighted by Gasteiger charge is -2.37.